The van der Waals surface area contributed by atoms with Crippen LogP contribution in [0.5, 0.6) is 0 Å². The quantitative estimate of drug-likeness (QED) is 0.371. The summed E-state index contributed by atoms with van der Waals surface area (Å²) >= 11 is 0. The van der Waals surface area contributed by atoms with Crippen LogP contribution in [0.2, 0.25) is 0 Å². The Morgan fingerprint density at radius 2 is 1.25 bits per heavy atom. The maximum absolute atomic E-state index is 8.08. The topological polar surface area (TPSA) is 89.9 Å². The zero-order chi connectivity index (χ0) is 9.40. The number of hydrogen-bond donors (Lipinski definition) is 2. The van der Waals surface area contributed by atoms with E-state index in [4.69, 9.17) is 10.4 Å². The molecule has 0 spiro atoms. The van der Waals surface area contributed by atoms with Gasteiger partial charge in [-0.2, -0.15) is 10.2 Å². The highest BCUT2D eigenvalue weighted by atomic mass is 16.4. The number of nitrogens with zero attached hydrogens (tertiary/aromatic N) is 4. The molecule has 0 radical (unpaired) electrons. The molecule has 0 aromatic heterocycles. The second-order valence-electron chi connectivity index (χ2n) is 1.97. The second-order valence-corrected chi connectivity index (χ2v) is 1.97. The largest absolute Gasteiger partial charge is 0.411 e. The van der Waals surface area contributed by atoms with Gasteiger partial charge in [-0.1, -0.05) is 10.3 Å². The predicted octanol–water partition coefficient (Wildman–Crippen LogP) is 0.743. The monoisotopic (exact) mass is 170 g/mol. The SMILES string of the molecule is CC(/C=N\O)=N/N=C(C)/C=N\O. The van der Waals surface area contributed by atoms with Gasteiger partial charge in [0.2, 0.25) is 0 Å². The van der Waals surface area contributed by atoms with E-state index in [9.17, 15) is 0 Å². The van der Waals surface area contributed by atoms with Crippen molar-refractivity contribution in [1.29, 1.82) is 0 Å². The van der Waals surface area contributed by atoms with Crippen LogP contribution in [-0.4, -0.2) is 34.3 Å². The van der Waals surface area contributed by atoms with E-state index in [2.05, 4.69) is 20.5 Å². The highest BCUT2D eigenvalue weighted by Gasteiger charge is 1.84. The Labute approximate surface area is 69.6 Å². The molecule has 0 saturated carbocycles. The molecule has 0 aromatic carbocycles. The fourth-order valence-electron chi connectivity index (χ4n) is 0.376. The number of oxime groups is 2. The average Bonchev–Trinajstić information content (AvgIpc) is 2.02. The molecule has 0 atom stereocenters. The van der Waals surface area contributed by atoms with Crippen LogP contribution in [0, 0.1) is 0 Å². The van der Waals surface area contributed by atoms with Gasteiger partial charge >= 0.3 is 0 Å². The van der Waals surface area contributed by atoms with Crippen molar-refractivity contribution >= 4 is 23.9 Å². The minimum absolute atomic E-state index is 0.447. The van der Waals surface area contributed by atoms with Crippen molar-refractivity contribution in [2.45, 2.75) is 13.8 Å². The smallest absolute Gasteiger partial charge is 0.0892 e. The summed E-state index contributed by atoms with van der Waals surface area (Å²) in [6.45, 7) is 3.24. The lowest BCUT2D eigenvalue weighted by molar-refractivity contribution is 0.322. The fraction of sp³-hybridized carbons (Fsp3) is 0.333. The number of rotatable bonds is 3. The van der Waals surface area contributed by atoms with Crippen molar-refractivity contribution in [3.8, 4) is 0 Å². The van der Waals surface area contributed by atoms with Gasteiger partial charge in [-0.25, -0.2) is 0 Å². The molecule has 0 heterocycles. The standard InChI is InChI=1S/C6H10N4O2/c1-5(3-7-11)9-10-6(2)4-8-12/h3-4,11-12H,1-2H3/b7-3-,8-4-,9-5-,10-6+. The second kappa shape index (κ2) is 6.02. The van der Waals surface area contributed by atoms with E-state index in [0.29, 0.717) is 11.4 Å². The predicted molar refractivity (Wildman–Crippen MR) is 46.8 cm³/mol. The third-order valence-electron chi connectivity index (χ3n) is 0.855. The van der Waals surface area contributed by atoms with Gasteiger partial charge in [0.1, 0.15) is 0 Å². The molecule has 6 heteroatoms. The summed E-state index contributed by atoms with van der Waals surface area (Å²) in [4.78, 5) is 0. The molecule has 0 fully saturated rings. The zero-order valence-electron chi connectivity index (χ0n) is 6.84. The van der Waals surface area contributed by atoms with Gasteiger partial charge < -0.3 is 10.4 Å². The van der Waals surface area contributed by atoms with Crippen LogP contribution in [0.4, 0.5) is 0 Å². The summed E-state index contributed by atoms with van der Waals surface area (Å²) < 4.78 is 0. The first-order valence-corrected chi connectivity index (χ1v) is 3.14. The summed E-state index contributed by atoms with van der Waals surface area (Å²) in [6, 6.07) is 0. The van der Waals surface area contributed by atoms with E-state index < -0.39 is 0 Å². The Balaban J connectivity index is 4.26. The maximum Gasteiger partial charge on any atom is 0.0892 e. The lowest BCUT2D eigenvalue weighted by atomic mass is 10.5. The van der Waals surface area contributed by atoms with Crippen LogP contribution >= 0.6 is 0 Å². The molecule has 0 saturated heterocycles. The molecule has 0 aliphatic rings. The minimum atomic E-state index is 0.447. The Hall–Kier alpha value is -1.72. The van der Waals surface area contributed by atoms with Gasteiger partial charge in [0.05, 0.1) is 23.9 Å². The Bertz CT molecular complexity index is 216. The lowest BCUT2D eigenvalue weighted by Gasteiger charge is -1.85. The third kappa shape index (κ3) is 5.10. The molecule has 0 aliphatic carbocycles. The first-order chi connectivity index (χ1) is 5.70. The zero-order valence-corrected chi connectivity index (χ0v) is 6.84. The first kappa shape index (κ1) is 10.3. The molecule has 66 valence electrons. The van der Waals surface area contributed by atoms with Crippen LogP contribution in [0.15, 0.2) is 20.5 Å². The lowest BCUT2D eigenvalue weighted by Crippen LogP contribution is -1.94. The van der Waals surface area contributed by atoms with Crippen LogP contribution in [0.3, 0.4) is 0 Å². The van der Waals surface area contributed by atoms with Crippen molar-refractivity contribution < 1.29 is 10.4 Å². The average molecular weight is 170 g/mol. The van der Waals surface area contributed by atoms with Gasteiger partial charge in [-0.05, 0) is 13.8 Å². The van der Waals surface area contributed by atoms with Gasteiger partial charge in [-0.15, -0.1) is 0 Å². The molecule has 12 heavy (non-hydrogen) atoms. The van der Waals surface area contributed by atoms with E-state index in [1.165, 1.54) is 0 Å². The third-order valence-corrected chi connectivity index (χ3v) is 0.855. The van der Waals surface area contributed by atoms with E-state index in [1.807, 2.05) is 0 Å². The van der Waals surface area contributed by atoms with E-state index in [-0.39, 0.29) is 0 Å². The summed E-state index contributed by atoms with van der Waals surface area (Å²) in [5.41, 5.74) is 0.895. The Morgan fingerprint density at radius 1 is 0.917 bits per heavy atom. The molecule has 0 amide bonds. The molecule has 0 unspecified atom stereocenters. The molecule has 0 aromatic rings. The van der Waals surface area contributed by atoms with Crippen molar-refractivity contribution in [3.63, 3.8) is 0 Å². The Morgan fingerprint density at radius 3 is 1.50 bits per heavy atom. The summed E-state index contributed by atoms with van der Waals surface area (Å²) in [6.07, 6.45) is 2.29. The van der Waals surface area contributed by atoms with Crippen molar-refractivity contribution in [2.75, 3.05) is 0 Å². The summed E-state index contributed by atoms with van der Waals surface area (Å²) in [5, 5.41) is 28.9. The maximum atomic E-state index is 8.08. The van der Waals surface area contributed by atoms with Crippen molar-refractivity contribution in [3.05, 3.63) is 0 Å². The van der Waals surface area contributed by atoms with E-state index in [0.717, 1.165) is 12.4 Å². The normalized spacial score (nSPS) is 14.8. The molecule has 0 bridgehead atoms. The van der Waals surface area contributed by atoms with Crippen LogP contribution in [0.1, 0.15) is 13.8 Å². The molecule has 6 nitrogen and oxygen atoms in total. The highest BCUT2D eigenvalue weighted by molar-refractivity contribution is 6.31. The summed E-state index contributed by atoms with van der Waals surface area (Å²) in [5.74, 6) is 0. The van der Waals surface area contributed by atoms with Gasteiger partial charge in [0.25, 0.3) is 0 Å². The van der Waals surface area contributed by atoms with E-state index in [1.54, 1.807) is 13.8 Å². The van der Waals surface area contributed by atoms with Gasteiger partial charge in [0, 0.05) is 0 Å². The van der Waals surface area contributed by atoms with Crippen molar-refractivity contribution in [2.24, 2.45) is 20.5 Å². The fourth-order valence-corrected chi connectivity index (χ4v) is 0.376. The highest BCUT2D eigenvalue weighted by Crippen LogP contribution is 1.79. The summed E-state index contributed by atoms with van der Waals surface area (Å²) in [7, 11) is 0. The van der Waals surface area contributed by atoms with Crippen molar-refractivity contribution in [1.82, 2.24) is 0 Å². The van der Waals surface area contributed by atoms with E-state index >= 15 is 0 Å². The molecular weight excluding hydrogens is 160 g/mol. The molecular formula is C6H10N4O2. The van der Waals surface area contributed by atoms with Crippen LogP contribution in [0.25, 0.3) is 0 Å². The first-order valence-electron chi connectivity index (χ1n) is 3.14. The van der Waals surface area contributed by atoms with Gasteiger partial charge in [-0.3, -0.25) is 0 Å². The molecule has 2 N–H and O–H groups in total. The Kier molecular flexibility index (Phi) is 5.16. The minimum Gasteiger partial charge on any atom is -0.411 e. The van der Waals surface area contributed by atoms with Gasteiger partial charge in [0.15, 0.2) is 0 Å². The molecule has 0 aliphatic heterocycles. The van der Waals surface area contributed by atoms with Crippen LogP contribution < -0.4 is 0 Å². The molecule has 0 rings (SSSR count). The van der Waals surface area contributed by atoms with Crippen LogP contribution in [-0.2, 0) is 0 Å². The number of hydrogen-bond acceptors (Lipinski definition) is 6.